The lowest BCUT2D eigenvalue weighted by molar-refractivity contribution is 0.296. The van der Waals surface area contributed by atoms with Gasteiger partial charge in [0.05, 0.1) is 0 Å². The van der Waals surface area contributed by atoms with Gasteiger partial charge in [0.1, 0.15) is 0 Å². The van der Waals surface area contributed by atoms with Crippen molar-refractivity contribution >= 4 is 34.9 Å². The van der Waals surface area contributed by atoms with Crippen molar-refractivity contribution in [1.29, 1.82) is 0 Å². The third-order valence-corrected chi connectivity index (χ3v) is 6.27. The topological polar surface area (TPSA) is 46.0 Å². The summed E-state index contributed by atoms with van der Waals surface area (Å²) >= 11 is 5.03. The molecule has 1 heterocycles. The number of thioether (sulfide) groups is 2. The van der Waals surface area contributed by atoms with E-state index in [9.17, 15) is 0 Å². The SMILES string of the molecule is CC(C)c1ccc(CSc2nnc(SCCCO)s2)cc1. The Morgan fingerprint density at radius 1 is 1.10 bits per heavy atom. The maximum atomic E-state index is 8.76. The van der Waals surface area contributed by atoms with Gasteiger partial charge < -0.3 is 5.11 Å². The fraction of sp³-hybridized carbons (Fsp3) is 0.467. The minimum absolute atomic E-state index is 0.236. The Kier molecular flexibility index (Phi) is 7.03. The standard InChI is InChI=1S/C15H20N2OS3/c1-11(2)13-6-4-12(5-7-13)10-20-15-17-16-14(21-15)19-9-3-8-18/h4-7,11,18H,3,8-10H2,1-2H3. The van der Waals surface area contributed by atoms with Crippen LogP contribution in [0.1, 0.15) is 37.3 Å². The van der Waals surface area contributed by atoms with Crippen molar-refractivity contribution in [2.24, 2.45) is 0 Å². The van der Waals surface area contributed by atoms with Crippen LogP contribution in [0.3, 0.4) is 0 Å². The highest BCUT2D eigenvalue weighted by Gasteiger charge is 2.06. The number of benzene rings is 1. The van der Waals surface area contributed by atoms with Gasteiger partial charge in [-0.25, -0.2) is 0 Å². The Morgan fingerprint density at radius 2 is 1.76 bits per heavy atom. The van der Waals surface area contributed by atoms with Gasteiger partial charge >= 0.3 is 0 Å². The molecule has 0 aliphatic heterocycles. The lowest BCUT2D eigenvalue weighted by Gasteiger charge is -2.05. The molecule has 2 aromatic rings. The Hall–Kier alpha value is -0.560. The molecule has 6 heteroatoms. The Labute approximate surface area is 138 Å². The van der Waals surface area contributed by atoms with Crippen LogP contribution in [0.25, 0.3) is 0 Å². The molecule has 0 bridgehead atoms. The summed E-state index contributed by atoms with van der Waals surface area (Å²) in [4.78, 5) is 0. The second-order valence-corrected chi connectivity index (χ2v) is 8.49. The van der Waals surface area contributed by atoms with Crippen molar-refractivity contribution in [1.82, 2.24) is 10.2 Å². The Bertz CT molecular complexity index is 540. The molecule has 0 atom stereocenters. The molecule has 0 spiro atoms. The molecule has 114 valence electrons. The first-order chi connectivity index (χ1) is 10.2. The molecule has 0 saturated heterocycles. The van der Waals surface area contributed by atoms with Crippen LogP contribution < -0.4 is 0 Å². The first kappa shape index (κ1) is 16.8. The van der Waals surface area contributed by atoms with E-state index in [2.05, 4.69) is 48.3 Å². The number of aliphatic hydroxyl groups excluding tert-OH is 1. The average Bonchev–Trinajstić information content (AvgIpc) is 2.94. The van der Waals surface area contributed by atoms with Crippen molar-refractivity contribution < 1.29 is 5.11 Å². The first-order valence-electron chi connectivity index (χ1n) is 6.98. The zero-order valence-corrected chi connectivity index (χ0v) is 14.7. The van der Waals surface area contributed by atoms with E-state index in [1.165, 1.54) is 11.1 Å². The Morgan fingerprint density at radius 3 is 2.38 bits per heavy atom. The maximum Gasteiger partial charge on any atom is 0.175 e. The smallest absolute Gasteiger partial charge is 0.175 e. The van der Waals surface area contributed by atoms with Gasteiger partial charge in [0.2, 0.25) is 0 Å². The molecule has 0 amide bonds. The van der Waals surface area contributed by atoms with Gasteiger partial charge in [-0.2, -0.15) is 0 Å². The second kappa shape index (κ2) is 8.78. The van der Waals surface area contributed by atoms with Gasteiger partial charge in [0.15, 0.2) is 8.68 Å². The fourth-order valence-electron chi connectivity index (χ4n) is 1.68. The van der Waals surface area contributed by atoms with Crippen molar-refractivity contribution in [3.8, 4) is 0 Å². The molecule has 1 aromatic carbocycles. The summed E-state index contributed by atoms with van der Waals surface area (Å²) in [5.41, 5.74) is 2.69. The van der Waals surface area contributed by atoms with E-state index >= 15 is 0 Å². The summed E-state index contributed by atoms with van der Waals surface area (Å²) in [6.45, 7) is 4.65. The van der Waals surface area contributed by atoms with Crippen molar-refractivity contribution in [2.45, 2.75) is 40.6 Å². The Balaban J connectivity index is 1.82. The highest BCUT2D eigenvalue weighted by Crippen LogP contribution is 2.31. The lowest BCUT2D eigenvalue weighted by Crippen LogP contribution is -1.87. The zero-order chi connectivity index (χ0) is 15.1. The highest BCUT2D eigenvalue weighted by atomic mass is 32.2. The molecule has 1 N–H and O–H groups in total. The molecule has 21 heavy (non-hydrogen) atoms. The quantitative estimate of drug-likeness (QED) is 0.569. The maximum absolute atomic E-state index is 8.76. The van der Waals surface area contributed by atoms with Crippen LogP contribution in [0.5, 0.6) is 0 Å². The van der Waals surface area contributed by atoms with Crippen LogP contribution >= 0.6 is 34.9 Å². The highest BCUT2D eigenvalue weighted by molar-refractivity contribution is 8.02. The number of hydrogen-bond donors (Lipinski definition) is 1. The van der Waals surface area contributed by atoms with Crippen molar-refractivity contribution in [3.05, 3.63) is 35.4 Å². The predicted molar refractivity (Wildman–Crippen MR) is 92.4 cm³/mol. The lowest BCUT2D eigenvalue weighted by atomic mass is 10.0. The summed E-state index contributed by atoms with van der Waals surface area (Å²) in [6.07, 6.45) is 0.801. The molecule has 0 fully saturated rings. The first-order valence-corrected chi connectivity index (χ1v) is 9.76. The molecular weight excluding hydrogens is 320 g/mol. The third kappa shape index (κ3) is 5.62. The van der Waals surface area contributed by atoms with E-state index < -0.39 is 0 Å². The number of aromatic nitrogens is 2. The van der Waals surface area contributed by atoms with Gasteiger partial charge in [-0.15, -0.1) is 10.2 Å². The van der Waals surface area contributed by atoms with Crippen molar-refractivity contribution in [3.63, 3.8) is 0 Å². The van der Waals surface area contributed by atoms with Crippen LogP contribution in [0.4, 0.5) is 0 Å². The van der Waals surface area contributed by atoms with E-state index in [4.69, 9.17) is 5.11 Å². The molecule has 3 nitrogen and oxygen atoms in total. The van der Waals surface area contributed by atoms with Gasteiger partial charge in [-0.3, -0.25) is 0 Å². The molecule has 0 unspecified atom stereocenters. The minimum atomic E-state index is 0.236. The summed E-state index contributed by atoms with van der Waals surface area (Å²) in [7, 11) is 0. The van der Waals surface area contributed by atoms with E-state index in [0.717, 1.165) is 26.6 Å². The fourth-order valence-corrected chi connectivity index (χ4v) is 4.65. The average molecular weight is 341 g/mol. The summed E-state index contributed by atoms with van der Waals surface area (Å²) in [5, 5.41) is 17.1. The van der Waals surface area contributed by atoms with Gasteiger partial charge in [-0.1, -0.05) is 73.0 Å². The predicted octanol–water partition coefficient (Wildman–Crippen LogP) is 4.43. The number of nitrogens with zero attached hydrogens (tertiary/aromatic N) is 2. The summed E-state index contributed by atoms with van der Waals surface area (Å²) in [6, 6.07) is 8.80. The van der Waals surface area contributed by atoms with Crippen LogP contribution in [-0.2, 0) is 5.75 Å². The monoisotopic (exact) mass is 340 g/mol. The molecular formula is C15H20N2OS3. The normalized spacial score (nSPS) is 11.2. The molecule has 0 aliphatic rings. The third-order valence-electron chi connectivity index (χ3n) is 2.92. The van der Waals surface area contributed by atoms with Gasteiger partial charge in [0.25, 0.3) is 0 Å². The second-order valence-electron chi connectivity index (χ2n) is 4.94. The van der Waals surface area contributed by atoms with Crippen molar-refractivity contribution in [2.75, 3.05) is 12.4 Å². The molecule has 0 aliphatic carbocycles. The summed E-state index contributed by atoms with van der Waals surface area (Å²) < 4.78 is 2.00. The number of hydrogen-bond acceptors (Lipinski definition) is 6. The van der Waals surface area contributed by atoms with E-state index in [1.807, 2.05) is 0 Å². The van der Waals surface area contributed by atoms with Crippen LogP contribution in [0, 0.1) is 0 Å². The van der Waals surface area contributed by atoms with Crippen LogP contribution in [0.2, 0.25) is 0 Å². The van der Waals surface area contributed by atoms with E-state index in [1.54, 1.807) is 34.9 Å². The molecule has 1 aromatic heterocycles. The van der Waals surface area contributed by atoms with Crippen LogP contribution in [-0.4, -0.2) is 27.7 Å². The number of aliphatic hydroxyl groups is 1. The zero-order valence-electron chi connectivity index (χ0n) is 12.3. The molecule has 0 saturated carbocycles. The molecule has 2 rings (SSSR count). The summed E-state index contributed by atoms with van der Waals surface area (Å²) in [5.74, 6) is 2.40. The number of rotatable bonds is 8. The van der Waals surface area contributed by atoms with E-state index in [0.29, 0.717) is 5.92 Å². The largest absolute Gasteiger partial charge is 0.396 e. The van der Waals surface area contributed by atoms with E-state index in [-0.39, 0.29) is 6.61 Å². The van der Waals surface area contributed by atoms with Crippen LogP contribution in [0.15, 0.2) is 32.9 Å². The van der Waals surface area contributed by atoms with Gasteiger partial charge in [-0.05, 0) is 23.5 Å². The minimum Gasteiger partial charge on any atom is -0.396 e. The van der Waals surface area contributed by atoms with Gasteiger partial charge in [0, 0.05) is 18.1 Å². The molecule has 0 radical (unpaired) electrons.